The van der Waals surface area contributed by atoms with Crippen molar-refractivity contribution in [3.8, 4) is 16.9 Å². The predicted octanol–water partition coefficient (Wildman–Crippen LogP) is 2.94. The summed E-state index contributed by atoms with van der Waals surface area (Å²) in [6.45, 7) is 2.31. The number of aromatic nitrogens is 3. The van der Waals surface area contributed by atoms with E-state index in [0.717, 1.165) is 67.5 Å². The number of hydrogen-bond donors (Lipinski definition) is 5. The number of aromatic amines is 1. The van der Waals surface area contributed by atoms with E-state index in [1.165, 1.54) is 12.0 Å². The van der Waals surface area contributed by atoms with Gasteiger partial charge in [0.2, 0.25) is 10.0 Å². The van der Waals surface area contributed by atoms with E-state index in [9.17, 15) is 13.2 Å². The van der Waals surface area contributed by atoms with Crippen LogP contribution in [0.15, 0.2) is 70.5 Å². The zero-order chi connectivity index (χ0) is 28.4. The van der Waals surface area contributed by atoms with Crippen LogP contribution >= 0.6 is 0 Å². The number of benzene rings is 2. The van der Waals surface area contributed by atoms with Gasteiger partial charge < -0.3 is 21.4 Å². The summed E-state index contributed by atoms with van der Waals surface area (Å²) in [5.41, 5.74) is 9.39. The number of sulfonamides is 1. The Morgan fingerprint density at radius 2 is 1.76 bits per heavy atom. The van der Waals surface area contributed by atoms with Crippen molar-refractivity contribution in [2.75, 3.05) is 19.6 Å². The molecule has 11 heteroatoms. The molecule has 2 fully saturated rings. The van der Waals surface area contributed by atoms with E-state index in [0.29, 0.717) is 24.3 Å². The van der Waals surface area contributed by atoms with Crippen LogP contribution in [0.2, 0.25) is 0 Å². The van der Waals surface area contributed by atoms with Gasteiger partial charge in [0.25, 0.3) is 0 Å². The van der Waals surface area contributed by atoms with Gasteiger partial charge in [0.05, 0.1) is 10.6 Å². The summed E-state index contributed by atoms with van der Waals surface area (Å²) in [6, 6.07) is 17.4. The van der Waals surface area contributed by atoms with Gasteiger partial charge in [-0.15, -0.1) is 0 Å². The van der Waals surface area contributed by atoms with E-state index in [1.807, 2.05) is 18.2 Å². The number of H-pyrrole nitrogens is 1. The number of nitrogens with two attached hydrogens (primary N) is 1. The third-order valence-corrected chi connectivity index (χ3v) is 9.75. The van der Waals surface area contributed by atoms with E-state index in [4.69, 9.17) is 5.73 Å². The standard InChI is InChI=1S/C30H37N7O3S/c31-15-12-23-2-1-3-27(33-23)20-4-8-25(9-5-20)37-19-22-18-28(34-29(22)35-30(37)38)21-6-10-26(11-7-21)41(39,40)36-24-13-16-32-17-14-24/h4-11,18-19,23-24,27,32-33,36H,1-3,12-17,31H2,(H,34,35,38)/t23-,27-/m0/s1. The number of hydrogen-bond acceptors (Lipinski definition) is 7. The number of nitrogens with one attached hydrogen (secondary N) is 4. The quantitative estimate of drug-likeness (QED) is 0.217. The molecule has 216 valence electrons. The molecule has 0 aliphatic carbocycles. The molecule has 2 atom stereocenters. The normalized spacial score (nSPS) is 20.4. The molecule has 0 amide bonds. The Morgan fingerprint density at radius 3 is 2.49 bits per heavy atom. The van der Waals surface area contributed by atoms with Crippen LogP contribution in [0.3, 0.4) is 0 Å². The monoisotopic (exact) mass is 575 g/mol. The Hall–Kier alpha value is -3.35. The third-order valence-electron chi connectivity index (χ3n) is 8.22. The summed E-state index contributed by atoms with van der Waals surface area (Å²) in [6.07, 6.45) is 7.74. The fourth-order valence-corrected chi connectivity index (χ4v) is 7.26. The van der Waals surface area contributed by atoms with Gasteiger partial charge in [-0.1, -0.05) is 30.7 Å². The Labute approximate surface area is 239 Å². The third kappa shape index (κ3) is 6.14. The Kier molecular flexibility index (Phi) is 8.05. The van der Waals surface area contributed by atoms with Crippen LogP contribution in [0.5, 0.6) is 0 Å². The molecule has 6 rings (SSSR count). The molecule has 2 saturated heterocycles. The molecule has 2 aromatic carbocycles. The molecule has 6 N–H and O–H groups in total. The minimum Gasteiger partial charge on any atom is -0.339 e. The molecule has 0 radical (unpaired) electrons. The molecule has 4 heterocycles. The molecule has 0 unspecified atom stereocenters. The lowest BCUT2D eigenvalue weighted by atomic mass is 9.92. The van der Waals surface area contributed by atoms with Crippen LogP contribution in [0, 0.1) is 0 Å². The first-order valence-electron chi connectivity index (χ1n) is 14.4. The van der Waals surface area contributed by atoms with Gasteiger partial charge >= 0.3 is 5.69 Å². The SMILES string of the molecule is NCC[C@@H]1CCC[C@@H](c2ccc(-n3cc4cc(-c5ccc(S(=O)(=O)NC6CCNCC6)cc5)[nH]c4nc3=O)cc2)N1. The first kappa shape index (κ1) is 27.8. The highest BCUT2D eigenvalue weighted by atomic mass is 32.2. The maximum atomic E-state index is 12.9. The zero-order valence-corrected chi connectivity index (χ0v) is 23.8. The number of fused-ring (bicyclic) bond motifs is 1. The van der Waals surface area contributed by atoms with Gasteiger partial charge in [0.1, 0.15) is 5.65 Å². The highest BCUT2D eigenvalue weighted by Crippen LogP contribution is 2.28. The second kappa shape index (κ2) is 11.9. The fourth-order valence-electron chi connectivity index (χ4n) is 5.95. The van der Waals surface area contributed by atoms with Crippen LogP contribution in [0.4, 0.5) is 0 Å². The highest BCUT2D eigenvalue weighted by Gasteiger charge is 2.23. The summed E-state index contributed by atoms with van der Waals surface area (Å²) in [4.78, 5) is 20.6. The van der Waals surface area contributed by atoms with Gasteiger partial charge in [0.15, 0.2) is 0 Å². The maximum Gasteiger partial charge on any atom is 0.354 e. The molecule has 2 aliphatic heterocycles. The second-order valence-electron chi connectivity index (χ2n) is 11.1. The van der Waals surface area contributed by atoms with Crippen molar-refractivity contribution in [1.82, 2.24) is 29.9 Å². The lowest BCUT2D eigenvalue weighted by molar-refractivity contribution is 0.314. The van der Waals surface area contributed by atoms with Crippen LogP contribution in [0.25, 0.3) is 28.0 Å². The molecule has 2 aromatic heterocycles. The summed E-state index contributed by atoms with van der Waals surface area (Å²) in [5, 5.41) is 7.74. The Balaban J connectivity index is 1.20. The van der Waals surface area contributed by atoms with Gasteiger partial charge in [-0.2, -0.15) is 4.98 Å². The van der Waals surface area contributed by atoms with Crippen LogP contribution in [0.1, 0.15) is 50.1 Å². The molecular weight excluding hydrogens is 538 g/mol. The Morgan fingerprint density at radius 1 is 1.00 bits per heavy atom. The van der Waals surface area contributed by atoms with Crippen molar-refractivity contribution in [1.29, 1.82) is 0 Å². The maximum absolute atomic E-state index is 12.9. The minimum atomic E-state index is -3.60. The lowest BCUT2D eigenvalue weighted by Gasteiger charge is -2.31. The van der Waals surface area contributed by atoms with E-state index >= 15 is 0 Å². The average molecular weight is 576 g/mol. The topological polar surface area (TPSA) is 147 Å². The molecule has 2 aliphatic rings. The first-order chi connectivity index (χ1) is 19.9. The first-order valence-corrected chi connectivity index (χ1v) is 15.9. The van der Waals surface area contributed by atoms with Gasteiger partial charge in [-0.25, -0.2) is 17.9 Å². The summed E-state index contributed by atoms with van der Waals surface area (Å²) in [5.74, 6) is 0. The average Bonchev–Trinajstić information content (AvgIpc) is 3.40. The molecule has 10 nitrogen and oxygen atoms in total. The van der Waals surface area contributed by atoms with Crippen LogP contribution < -0.4 is 26.8 Å². The van der Waals surface area contributed by atoms with Gasteiger partial charge in [-0.3, -0.25) is 4.57 Å². The molecule has 0 spiro atoms. The van der Waals surface area contributed by atoms with E-state index in [-0.39, 0.29) is 16.6 Å². The van der Waals surface area contributed by atoms with Crippen molar-refractivity contribution < 1.29 is 8.42 Å². The van der Waals surface area contributed by atoms with Crippen molar-refractivity contribution in [2.24, 2.45) is 5.73 Å². The van der Waals surface area contributed by atoms with Crippen LogP contribution in [-0.2, 0) is 10.0 Å². The summed E-state index contributed by atoms with van der Waals surface area (Å²) < 4.78 is 30.1. The van der Waals surface area contributed by atoms with Crippen molar-refractivity contribution in [3.05, 3.63) is 76.8 Å². The largest absolute Gasteiger partial charge is 0.354 e. The molecule has 0 bridgehead atoms. The highest BCUT2D eigenvalue weighted by molar-refractivity contribution is 7.89. The van der Waals surface area contributed by atoms with Gasteiger partial charge in [0, 0.05) is 35.4 Å². The summed E-state index contributed by atoms with van der Waals surface area (Å²) in [7, 11) is -3.60. The van der Waals surface area contributed by atoms with E-state index < -0.39 is 10.0 Å². The predicted molar refractivity (Wildman–Crippen MR) is 161 cm³/mol. The smallest absolute Gasteiger partial charge is 0.339 e. The zero-order valence-electron chi connectivity index (χ0n) is 23.0. The number of piperidine rings is 2. The molecule has 4 aromatic rings. The molecular formula is C30H37N7O3S. The Bertz CT molecular complexity index is 1660. The summed E-state index contributed by atoms with van der Waals surface area (Å²) >= 11 is 0. The number of rotatable bonds is 8. The fraction of sp³-hybridized carbons (Fsp3) is 0.400. The van der Waals surface area contributed by atoms with Crippen molar-refractivity contribution in [3.63, 3.8) is 0 Å². The van der Waals surface area contributed by atoms with Crippen molar-refractivity contribution >= 4 is 21.1 Å². The van der Waals surface area contributed by atoms with E-state index in [1.54, 1.807) is 35.0 Å². The van der Waals surface area contributed by atoms with Crippen LogP contribution in [-0.4, -0.2) is 54.7 Å². The minimum absolute atomic E-state index is 0.0532. The van der Waals surface area contributed by atoms with Gasteiger partial charge in [-0.05, 0) is 93.2 Å². The van der Waals surface area contributed by atoms with Crippen molar-refractivity contribution in [2.45, 2.75) is 61.5 Å². The second-order valence-corrected chi connectivity index (χ2v) is 12.8. The van der Waals surface area contributed by atoms with E-state index in [2.05, 4.69) is 37.5 Å². The number of nitrogens with zero attached hydrogens (tertiary/aromatic N) is 2. The molecule has 0 saturated carbocycles. The molecule has 41 heavy (non-hydrogen) atoms. The lowest BCUT2D eigenvalue weighted by Crippen LogP contribution is -2.42.